The highest BCUT2D eigenvalue weighted by atomic mass is 19.4. The topological polar surface area (TPSA) is 73.3 Å². The molecule has 0 bridgehead atoms. The van der Waals surface area contributed by atoms with E-state index in [4.69, 9.17) is 14.6 Å². The Bertz CT molecular complexity index is 565. The van der Waals surface area contributed by atoms with E-state index in [1.807, 2.05) is 9.80 Å². The molecule has 4 rings (SSSR count). The number of fused-ring (bicyclic) bond motifs is 1. The lowest BCUT2D eigenvalue weighted by molar-refractivity contribution is -0.192. The van der Waals surface area contributed by atoms with Crippen LogP contribution in [0.3, 0.4) is 0 Å². The Labute approximate surface area is 162 Å². The van der Waals surface area contributed by atoms with Crippen LogP contribution in [0.2, 0.25) is 0 Å². The van der Waals surface area contributed by atoms with Crippen LogP contribution in [0.4, 0.5) is 18.0 Å². The van der Waals surface area contributed by atoms with Crippen LogP contribution in [0.1, 0.15) is 25.7 Å². The third kappa shape index (κ3) is 5.73. The first-order valence-electron chi connectivity index (χ1n) is 9.92. The first kappa shape index (κ1) is 21.2. The summed E-state index contributed by atoms with van der Waals surface area (Å²) in [6, 6.07) is 0.248. The van der Waals surface area contributed by atoms with E-state index in [2.05, 4.69) is 4.90 Å². The minimum Gasteiger partial charge on any atom is -0.475 e. The number of ether oxygens (including phenoxy) is 1. The highest BCUT2D eigenvalue weighted by molar-refractivity contribution is 5.75. The molecule has 1 N–H and O–H groups in total. The van der Waals surface area contributed by atoms with Gasteiger partial charge in [-0.05, 0) is 31.6 Å². The number of carboxylic acid groups (broad SMARTS) is 1. The molecule has 4 aliphatic rings. The molecule has 3 heterocycles. The number of alkyl halides is 3. The molecule has 0 unspecified atom stereocenters. The molecule has 2 atom stereocenters. The normalized spacial score (nSPS) is 28.4. The zero-order valence-corrected chi connectivity index (χ0v) is 15.9. The molecule has 0 spiro atoms. The average Bonchev–Trinajstić information content (AvgIpc) is 3.16. The molecular formula is C18H28F3N3O4. The summed E-state index contributed by atoms with van der Waals surface area (Å²) in [5.41, 5.74) is 0. The number of rotatable bonds is 2. The average molecular weight is 407 g/mol. The molecule has 7 nitrogen and oxygen atoms in total. The lowest BCUT2D eigenvalue weighted by Gasteiger charge is -2.25. The molecule has 1 aliphatic carbocycles. The van der Waals surface area contributed by atoms with Crippen molar-refractivity contribution >= 4 is 12.0 Å². The second kappa shape index (κ2) is 8.86. The Kier molecular flexibility index (Phi) is 6.69. The number of urea groups is 1. The fraction of sp³-hybridized carbons (Fsp3) is 0.889. The van der Waals surface area contributed by atoms with Crippen molar-refractivity contribution in [3.8, 4) is 0 Å². The number of amides is 2. The van der Waals surface area contributed by atoms with Crippen molar-refractivity contribution in [3.63, 3.8) is 0 Å². The maximum Gasteiger partial charge on any atom is 0.490 e. The summed E-state index contributed by atoms with van der Waals surface area (Å²) < 4.78 is 37.8. The zero-order chi connectivity index (χ0) is 20.3. The quantitative estimate of drug-likeness (QED) is 0.757. The first-order valence-corrected chi connectivity index (χ1v) is 9.92. The number of aliphatic carboxylic acids is 1. The van der Waals surface area contributed by atoms with E-state index in [1.165, 1.54) is 19.4 Å². The molecule has 10 heteroatoms. The van der Waals surface area contributed by atoms with Gasteiger partial charge in [-0.15, -0.1) is 0 Å². The third-order valence-electron chi connectivity index (χ3n) is 5.72. The summed E-state index contributed by atoms with van der Waals surface area (Å²) in [4.78, 5) is 28.1. The van der Waals surface area contributed by atoms with E-state index < -0.39 is 12.1 Å². The number of carbonyl (C=O) groups is 2. The van der Waals surface area contributed by atoms with Crippen molar-refractivity contribution in [1.29, 1.82) is 0 Å². The van der Waals surface area contributed by atoms with Gasteiger partial charge in [-0.25, -0.2) is 9.59 Å². The van der Waals surface area contributed by atoms with Crippen LogP contribution in [0.15, 0.2) is 0 Å². The van der Waals surface area contributed by atoms with E-state index in [-0.39, 0.29) is 12.1 Å². The van der Waals surface area contributed by atoms with Gasteiger partial charge >= 0.3 is 18.2 Å². The fourth-order valence-electron chi connectivity index (χ4n) is 4.06. The third-order valence-corrected chi connectivity index (χ3v) is 5.72. The number of halogens is 3. The van der Waals surface area contributed by atoms with Gasteiger partial charge in [-0.3, -0.25) is 0 Å². The van der Waals surface area contributed by atoms with E-state index in [1.54, 1.807) is 0 Å². The van der Waals surface area contributed by atoms with Crippen molar-refractivity contribution in [1.82, 2.24) is 14.7 Å². The lowest BCUT2D eigenvalue weighted by Crippen LogP contribution is -2.41. The number of carboxylic acids is 1. The molecule has 1 saturated carbocycles. The zero-order valence-electron chi connectivity index (χ0n) is 15.9. The van der Waals surface area contributed by atoms with Crippen LogP contribution in [0, 0.1) is 11.8 Å². The van der Waals surface area contributed by atoms with Gasteiger partial charge in [0.1, 0.15) is 0 Å². The molecule has 4 fully saturated rings. The number of hydrogen-bond acceptors (Lipinski definition) is 4. The standard InChI is InChI=1S/C16H27N3O2.C2HF3O2/c20-16(18-5-1-2-6-18)19-11-14-10-17(9-13-3-4-13)7-8-21-15(14)12-19;3-2(4,5)1(6)7/h13-15H,1-12H2;(H,6,7)/t14-,15+;/m0./s1. The van der Waals surface area contributed by atoms with E-state index in [9.17, 15) is 18.0 Å². The minimum absolute atomic E-state index is 0.248. The van der Waals surface area contributed by atoms with Crippen LogP contribution >= 0.6 is 0 Å². The molecule has 3 saturated heterocycles. The summed E-state index contributed by atoms with van der Waals surface area (Å²) in [7, 11) is 0. The van der Waals surface area contributed by atoms with Gasteiger partial charge in [0.25, 0.3) is 0 Å². The molecular weight excluding hydrogens is 379 g/mol. The molecule has 0 radical (unpaired) electrons. The van der Waals surface area contributed by atoms with E-state index in [0.29, 0.717) is 5.92 Å². The number of nitrogens with zero attached hydrogens (tertiary/aromatic N) is 3. The van der Waals surface area contributed by atoms with Crippen molar-refractivity contribution in [2.45, 2.75) is 38.0 Å². The van der Waals surface area contributed by atoms with Crippen LogP contribution in [-0.4, -0.2) is 96.5 Å². The number of carbonyl (C=O) groups excluding carboxylic acids is 1. The molecule has 0 aromatic rings. The summed E-state index contributed by atoms with van der Waals surface area (Å²) in [6.45, 7) is 7.85. The molecule has 28 heavy (non-hydrogen) atoms. The monoisotopic (exact) mass is 407 g/mol. The van der Waals surface area contributed by atoms with E-state index >= 15 is 0 Å². The Hall–Kier alpha value is -1.55. The van der Waals surface area contributed by atoms with Crippen molar-refractivity contribution in [3.05, 3.63) is 0 Å². The first-order chi connectivity index (χ1) is 13.2. The Morgan fingerprint density at radius 2 is 1.64 bits per heavy atom. The van der Waals surface area contributed by atoms with Gasteiger partial charge in [0, 0.05) is 51.7 Å². The van der Waals surface area contributed by atoms with Gasteiger partial charge in [-0.2, -0.15) is 13.2 Å². The second-order valence-electron chi connectivity index (χ2n) is 8.06. The molecule has 0 aromatic carbocycles. The van der Waals surface area contributed by atoms with E-state index in [0.717, 1.165) is 64.6 Å². The maximum absolute atomic E-state index is 12.5. The summed E-state index contributed by atoms with van der Waals surface area (Å²) >= 11 is 0. The van der Waals surface area contributed by atoms with Gasteiger partial charge in [0.15, 0.2) is 0 Å². The lowest BCUT2D eigenvalue weighted by atomic mass is 10.1. The second-order valence-corrected chi connectivity index (χ2v) is 8.06. The highest BCUT2D eigenvalue weighted by Crippen LogP contribution is 2.32. The van der Waals surface area contributed by atoms with Crippen LogP contribution in [-0.2, 0) is 9.53 Å². The molecule has 3 aliphatic heterocycles. The van der Waals surface area contributed by atoms with Crippen molar-refractivity contribution in [2.75, 3.05) is 52.4 Å². The van der Waals surface area contributed by atoms with Gasteiger partial charge in [-0.1, -0.05) is 0 Å². The van der Waals surface area contributed by atoms with Crippen molar-refractivity contribution < 1.29 is 32.6 Å². The van der Waals surface area contributed by atoms with Gasteiger partial charge in [0.2, 0.25) is 0 Å². The summed E-state index contributed by atoms with van der Waals surface area (Å²) in [6.07, 6.45) is 0.326. The van der Waals surface area contributed by atoms with Crippen molar-refractivity contribution in [2.24, 2.45) is 11.8 Å². The Balaban J connectivity index is 0.000000279. The number of likely N-dealkylation sites (tertiary alicyclic amines) is 2. The largest absolute Gasteiger partial charge is 0.490 e. The molecule has 2 amide bonds. The smallest absolute Gasteiger partial charge is 0.475 e. The highest BCUT2D eigenvalue weighted by Gasteiger charge is 2.41. The number of hydrogen-bond donors (Lipinski definition) is 1. The maximum atomic E-state index is 12.5. The fourth-order valence-corrected chi connectivity index (χ4v) is 4.06. The summed E-state index contributed by atoms with van der Waals surface area (Å²) in [5, 5.41) is 7.12. The summed E-state index contributed by atoms with van der Waals surface area (Å²) in [5.74, 6) is -1.31. The van der Waals surface area contributed by atoms with Crippen LogP contribution in [0.25, 0.3) is 0 Å². The predicted octanol–water partition coefficient (Wildman–Crippen LogP) is 1.88. The predicted molar refractivity (Wildman–Crippen MR) is 93.9 cm³/mol. The SMILES string of the molecule is O=C(N1CCCC1)N1C[C@@H]2CN(CC3CC3)CCO[C@@H]2C1.O=C(O)C(F)(F)F. The van der Waals surface area contributed by atoms with Gasteiger partial charge < -0.3 is 24.5 Å². The molecule has 0 aromatic heterocycles. The van der Waals surface area contributed by atoms with Gasteiger partial charge in [0.05, 0.1) is 12.7 Å². The van der Waals surface area contributed by atoms with Crippen LogP contribution in [0.5, 0.6) is 0 Å². The Morgan fingerprint density at radius 3 is 2.21 bits per heavy atom. The molecule has 160 valence electrons. The van der Waals surface area contributed by atoms with Crippen LogP contribution < -0.4 is 0 Å². The Morgan fingerprint density at radius 1 is 1.00 bits per heavy atom. The minimum atomic E-state index is -5.08.